The van der Waals surface area contributed by atoms with Crippen molar-refractivity contribution in [3.8, 4) is 12.3 Å². The zero-order chi connectivity index (χ0) is 8.43. The van der Waals surface area contributed by atoms with Crippen LogP contribution in [0.2, 0.25) is 0 Å². The lowest BCUT2D eigenvalue weighted by Gasteiger charge is -2.10. The molecule has 1 rings (SSSR count). The Labute approximate surface area is 64.7 Å². The third-order valence-corrected chi connectivity index (χ3v) is 1.62. The fraction of sp³-hybridized carbons (Fsp3) is 0.714. The van der Waals surface area contributed by atoms with Gasteiger partial charge >= 0.3 is 0 Å². The molecule has 0 saturated carbocycles. The molecule has 11 heavy (non-hydrogen) atoms. The second-order valence-electron chi connectivity index (χ2n) is 2.31. The van der Waals surface area contributed by atoms with E-state index in [2.05, 4.69) is 5.92 Å². The lowest BCUT2D eigenvalue weighted by molar-refractivity contribution is -0.141. The van der Waals surface area contributed by atoms with Gasteiger partial charge in [0, 0.05) is 7.11 Å². The van der Waals surface area contributed by atoms with Crippen LogP contribution in [0.25, 0.3) is 0 Å². The van der Waals surface area contributed by atoms with Gasteiger partial charge in [-0.05, 0) is 0 Å². The van der Waals surface area contributed by atoms with E-state index in [1.54, 1.807) is 0 Å². The lowest BCUT2D eigenvalue weighted by Crippen LogP contribution is -2.32. The first-order valence-corrected chi connectivity index (χ1v) is 3.21. The van der Waals surface area contributed by atoms with E-state index in [4.69, 9.17) is 26.1 Å². The maximum Gasteiger partial charge on any atom is 0.187 e. The number of aliphatic hydroxyl groups is 2. The van der Waals surface area contributed by atoms with Crippen LogP contribution in [0.1, 0.15) is 0 Å². The summed E-state index contributed by atoms with van der Waals surface area (Å²) >= 11 is 0. The van der Waals surface area contributed by atoms with E-state index >= 15 is 0 Å². The molecule has 1 aliphatic heterocycles. The summed E-state index contributed by atoms with van der Waals surface area (Å²) in [5, 5.41) is 18.3. The Kier molecular flexibility index (Phi) is 2.47. The third kappa shape index (κ3) is 1.37. The average molecular weight is 158 g/mol. The first-order valence-electron chi connectivity index (χ1n) is 3.21. The van der Waals surface area contributed by atoms with Crippen LogP contribution in [0.4, 0.5) is 0 Å². The number of aliphatic hydroxyl groups excluding tert-OH is 2. The highest BCUT2D eigenvalue weighted by molar-refractivity contribution is 5.05. The fourth-order valence-electron chi connectivity index (χ4n) is 0.978. The predicted octanol–water partition coefficient (Wildman–Crippen LogP) is -1.29. The van der Waals surface area contributed by atoms with Crippen LogP contribution in [0.15, 0.2) is 0 Å². The van der Waals surface area contributed by atoms with Gasteiger partial charge in [-0.3, -0.25) is 0 Å². The second kappa shape index (κ2) is 3.20. The highest BCUT2D eigenvalue weighted by Crippen LogP contribution is 2.20. The van der Waals surface area contributed by atoms with Crippen molar-refractivity contribution in [2.45, 2.75) is 24.6 Å². The van der Waals surface area contributed by atoms with Crippen molar-refractivity contribution in [2.75, 3.05) is 7.11 Å². The molecule has 1 aliphatic rings. The van der Waals surface area contributed by atoms with Gasteiger partial charge in [-0.2, -0.15) is 0 Å². The molecule has 1 fully saturated rings. The van der Waals surface area contributed by atoms with E-state index in [-0.39, 0.29) is 0 Å². The van der Waals surface area contributed by atoms with Crippen LogP contribution in [0, 0.1) is 12.3 Å². The van der Waals surface area contributed by atoms with E-state index in [1.807, 2.05) is 0 Å². The Balaban J connectivity index is 2.62. The summed E-state index contributed by atoms with van der Waals surface area (Å²) in [6.07, 6.45) is 1.31. The van der Waals surface area contributed by atoms with Crippen LogP contribution in [-0.2, 0) is 9.47 Å². The average Bonchev–Trinajstić information content (AvgIpc) is 2.30. The number of methoxy groups -OCH3 is 1. The minimum atomic E-state index is -1.05. The molecule has 0 amide bonds. The van der Waals surface area contributed by atoms with Gasteiger partial charge in [-0.1, -0.05) is 5.92 Å². The van der Waals surface area contributed by atoms with Crippen molar-refractivity contribution in [1.82, 2.24) is 0 Å². The third-order valence-electron chi connectivity index (χ3n) is 1.62. The molecule has 0 aromatic rings. The quantitative estimate of drug-likeness (QED) is 0.466. The lowest BCUT2D eigenvalue weighted by atomic mass is 10.1. The smallest absolute Gasteiger partial charge is 0.187 e. The zero-order valence-corrected chi connectivity index (χ0v) is 6.10. The summed E-state index contributed by atoms with van der Waals surface area (Å²) in [6.45, 7) is 0. The van der Waals surface area contributed by atoms with Crippen molar-refractivity contribution < 1.29 is 19.7 Å². The zero-order valence-electron chi connectivity index (χ0n) is 6.10. The van der Waals surface area contributed by atoms with Crippen LogP contribution in [0.3, 0.4) is 0 Å². The van der Waals surface area contributed by atoms with Gasteiger partial charge in [0.05, 0.1) is 0 Å². The molecule has 0 aromatic carbocycles. The minimum absolute atomic E-state index is 0.769. The highest BCUT2D eigenvalue weighted by atomic mass is 16.7. The molecule has 62 valence electrons. The van der Waals surface area contributed by atoms with Crippen molar-refractivity contribution >= 4 is 0 Å². The van der Waals surface area contributed by atoms with Crippen molar-refractivity contribution in [3.63, 3.8) is 0 Å². The molecule has 4 nitrogen and oxygen atoms in total. The van der Waals surface area contributed by atoms with Crippen LogP contribution in [-0.4, -0.2) is 41.9 Å². The van der Waals surface area contributed by atoms with Gasteiger partial charge in [0.2, 0.25) is 0 Å². The SMILES string of the molecule is C#C[C@H]1O[C@@H](OC)[C@H](O)[C@@H]1O. The second-order valence-corrected chi connectivity index (χ2v) is 2.31. The van der Waals surface area contributed by atoms with Crippen molar-refractivity contribution in [3.05, 3.63) is 0 Å². The predicted molar refractivity (Wildman–Crippen MR) is 36.5 cm³/mol. The van der Waals surface area contributed by atoms with Crippen molar-refractivity contribution in [2.24, 2.45) is 0 Å². The van der Waals surface area contributed by atoms with Gasteiger partial charge in [-0.15, -0.1) is 6.42 Å². The van der Waals surface area contributed by atoms with Crippen LogP contribution < -0.4 is 0 Å². The van der Waals surface area contributed by atoms with Gasteiger partial charge in [0.25, 0.3) is 0 Å². The van der Waals surface area contributed by atoms with E-state index in [0.29, 0.717) is 0 Å². The molecule has 0 spiro atoms. The summed E-state index contributed by atoms with van der Waals surface area (Å²) in [6, 6.07) is 0. The molecule has 0 aromatic heterocycles. The molecule has 0 bridgehead atoms. The molecular weight excluding hydrogens is 148 g/mol. The molecule has 4 atom stereocenters. The van der Waals surface area contributed by atoms with Crippen LogP contribution >= 0.6 is 0 Å². The Hall–Kier alpha value is -0.600. The summed E-state index contributed by atoms with van der Waals surface area (Å²) in [4.78, 5) is 0. The van der Waals surface area contributed by atoms with Gasteiger partial charge in [0.15, 0.2) is 6.29 Å². The molecular formula is C7H10O4. The van der Waals surface area contributed by atoms with E-state index < -0.39 is 24.6 Å². The Bertz CT molecular complexity index is 174. The summed E-state index contributed by atoms with van der Waals surface area (Å²) in [7, 11) is 1.37. The first kappa shape index (κ1) is 8.50. The number of ether oxygens (including phenoxy) is 2. The van der Waals surface area contributed by atoms with E-state index in [9.17, 15) is 0 Å². The van der Waals surface area contributed by atoms with Gasteiger partial charge in [-0.25, -0.2) is 0 Å². The summed E-state index contributed by atoms with van der Waals surface area (Å²) in [5.74, 6) is 2.20. The van der Waals surface area contributed by atoms with E-state index in [1.165, 1.54) is 7.11 Å². The van der Waals surface area contributed by atoms with E-state index in [0.717, 1.165) is 0 Å². The van der Waals surface area contributed by atoms with Crippen molar-refractivity contribution in [1.29, 1.82) is 0 Å². The fourth-order valence-corrected chi connectivity index (χ4v) is 0.978. The summed E-state index contributed by atoms with van der Waals surface area (Å²) < 4.78 is 9.62. The number of hydrogen-bond acceptors (Lipinski definition) is 4. The van der Waals surface area contributed by atoms with Gasteiger partial charge < -0.3 is 19.7 Å². The standard InChI is InChI=1S/C7H10O4/c1-3-4-5(8)6(9)7(10-2)11-4/h1,4-9H,2H3/t4-,5-,6-,7-/m1/s1. The highest BCUT2D eigenvalue weighted by Gasteiger charge is 2.41. The first-order chi connectivity index (χ1) is 5.20. The molecule has 4 heteroatoms. The molecule has 0 radical (unpaired) electrons. The minimum Gasteiger partial charge on any atom is -0.386 e. The number of rotatable bonds is 1. The molecule has 1 saturated heterocycles. The van der Waals surface area contributed by atoms with Crippen LogP contribution in [0.5, 0.6) is 0 Å². The maximum atomic E-state index is 9.16. The summed E-state index contributed by atoms with van der Waals surface area (Å²) in [5.41, 5.74) is 0. The molecule has 1 heterocycles. The Morgan fingerprint density at radius 2 is 2.09 bits per heavy atom. The molecule has 0 aliphatic carbocycles. The monoisotopic (exact) mass is 158 g/mol. The molecule has 2 N–H and O–H groups in total. The molecule has 0 unspecified atom stereocenters. The normalized spacial score (nSPS) is 43.8. The topological polar surface area (TPSA) is 58.9 Å². The van der Waals surface area contributed by atoms with Gasteiger partial charge in [0.1, 0.15) is 18.3 Å². The Morgan fingerprint density at radius 3 is 2.36 bits per heavy atom. The Morgan fingerprint density at radius 1 is 1.45 bits per heavy atom. The largest absolute Gasteiger partial charge is 0.386 e. The number of hydrogen-bond donors (Lipinski definition) is 2. The maximum absolute atomic E-state index is 9.16. The number of terminal acetylenes is 1.